The molecule has 0 atom stereocenters. The molecule has 0 unspecified atom stereocenters. The molecule has 0 radical (unpaired) electrons. The second-order valence-electron chi connectivity index (χ2n) is 11.3. The fraction of sp³-hybridized carbons (Fsp3) is 0.419. The second kappa shape index (κ2) is 10.2. The normalized spacial score (nSPS) is 18.0. The highest BCUT2D eigenvalue weighted by molar-refractivity contribution is 7.18. The summed E-state index contributed by atoms with van der Waals surface area (Å²) >= 11 is 7.85. The number of rotatable bonds is 6. The van der Waals surface area contributed by atoms with Crippen molar-refractivity contribution < 1.29 is 23.7 Å². The Morgan fingerprint density at radius 3 is 2.67 bits per heavy atom. The Bertz CT molecular complexity index is 1800. The van der Waals surface area contributed by atoms with E-state index in [2.05, 4.69) is 4.98 Å². The number of halogens is 1. The maximum atomic E-state index is 13.8. The Kier molecular flexibility index (Phi) is 6.65. The Morgan fingerprint density at radius 1 is 1.14 bits per heavy atom. The van der Waals surface area contributed by atoms with Crippen molar-refractivity contribution >= 4 is 39.1 Å². The zero-order chi connectivity index (χ0) is 29.2. The van der Waals surface area contributed by atoms with Crippen molar-refractivity contribution in [3.63, 3.8) is 0 Å². The third-order valence-corrected chi connectivity index (χ3v) is 9.77. The number of hydrogen-bond acceptors (Lipinski definition) is 9. The highest BCUT2D eigenvalue weighted by atomic mass is 35.5. The van der Waals surface area contributed by atoms with Crippen molar-refractivity contribution in [1.82, 2.24) is 14.5 Å². The molecule has 0 N–H and O–H groups in total. The summed E-state index contributed by atoms with van der Waals surface area (Å²) in [6, 6.07) is 7.39. The van der Waals surface area contributed by atoms with E-state index in [0.717, 1.165) is 46.5 Å². The summed E-state index contributed by atoms with van der Waals surface area (Å²) < 4.78 is 25.9. The average molecular weight is 608 g/mol. The lowest BCUT2D eigenvalue weighted by atomic mass is 9.80. The van der Waals surface area contributed by atoms with Gasteiger partial charge in [-0.1, -0.05) is 11.6 Å². The molecule has 7 rings (SSSR count). The molecule has 3 aliphatic rings. The van der Waals surface area contributed by atoms with Gasteiger partial charge in [-0.05, 0) is 51.0 Å². The molecule has 42 heavy (non-hydrogen) atoms. The summed E-state index contributed by atoms with van der Waals surface area (Å²) in [6.07, 6.45) is 3.18. The van der Waals surface area contributed by atoms with Gasteiger partial charge in [-0.2, -0.15) is 0 Å². The fourth-order valence-corrected chi connectivity index (χ4v) is 7.61. The van der Waals surface area contributed by atoms with E-state index in [4.69, 9.17) is 35.5 Å². The van der Waals surface area contributed by atoms with Crippen molar-refractivity contribution in [3.05, 3.63) is 73.4 Å². The summed E-state index contributed by atoms with van der Waals surface area (Å²) in [4.78, 5) is 35.7. The van der Waals surface area contributed by atoms with Gasteiger partial charge in [-0.25, -0.2) is 9.78 Å². The first-order chi connectivity index (χ1) is 20.2. The van der Waals surface area contributed by atoms with Gasteiger partial charge in [0.05, 0.1) is 48.3 Å². The van der Waals surface area contributed by atoms with E-state index in [-0.39, 0.29) is 17.6 Å². The van der Waals surface area contributed by atoms with Crippen LogP contribution in [0.25, 0.3) is 21.3 Å². The summed E-state index contributed by atoms with van der Waals surface area (Å²) in [7, 11) is 1.36. The van der Waals surface area contributed by atoms with Crippen molar-refractivity contribution in [2.45, 2.75) is 57.3 Å². The van der Waals surface area contributed by atoms with Crippen molar-refractivity contribution in [2.24, 2.45) is 0 Å². The van der Waals surface area contributed by atoms with E-state index >= 15 is 0 Å². The third-order valence-electron chi connectivity index (χ3n) is 8.54. The van der Waals surface area contributed by atoms with Gasteiger partial charge in [0, 0.05) is 51.0 Å². The summed E-state index contributed by atoms with van der Waals surface area (Å²) in [5.74, 6) is 0.140. The second-order valence-corrected chi connectivity index (χ2v) is 12.6. The average Bonchev–Trinajstić information content (AvgIpc) is 3.37. The van der Waals surface area contributed by atoms with E-state index in [0.29, 0.717) is 59.4 Å². The topological polar surface area (TPSA) is 102 Å². The van der Waals surface area contributed by atoms with Gasteiger partial charge in [0.15, 0.2) is 5.79 Å². The predicted octanol–water partition coefficient (Wildman–Crippen LogP) is 5.38. The zero-order valence-corrected chi connectivity index (χ0v) is 25.2. The first-order valence-electron chi connectivity index (χ1n) is 14.0. The molecule has 1 aromatic carbocycles. The first kappa shape index (κ1) is 27.5. The highest BCUT2D eigenvalue weighted by Crippen LogP contribution is 2.58. The molecular weight excluding hydrogens is 578 g/mol. The molecule has 4 heterocycles. The van der Waals surface area contributed by atoms with Gasteiger partial charge in [-0.15, -0.1) is 11.3 Å². The molecular formula is C31H30ClN3O6S. The van der Waals surface area contributed by atoms with E-state index in [9.17, 15) is 9.59 Å². The number of carbonyl (C=O) groups excluding carboxylic acids is 1. The number of aryl methyl sites for hydroxylation is 2. The molecule has 1 saturated heterocycles. The number of pyridine rings is 1. The van der Waals surface area contributed by atoms with E-state index in [1.807, 2.05) is 32.0 Å². The minimum atomic E-state index is -0.713. The summed E-state index contributed by atoms with van der Waals surface area (Å²) in [5.41, 5.74) is 4.84. The minimum Gasteiger partial charge on any atom is -0.491 e. The molecule has 1 saturated carbocycles. The molecule has 3 aromatic heterocycles. The SMILES string of the molecule is COC(=O)c1csc2c(-c3cc(Cl)ccc3OCCn3c(C)nc4c(c3=O)CC3(CC45CC5)OCCO3)cc(C)nc12. The third kappa shape index (κ3) is 4.52. The van der Waals surface area contributed by atoms with Crippen LogP contribution >= 0.6 is 22.9 Å². The van der Waals surface area contributed by atoms with Gasteiger partial charge in [0.1, 0.15) is 18.2 Å². The van der Waals surface area contributed by atoms with E-state index < -0.39 is 11.8 Å². The van der Waals surface area contributed by atoms with Crippen LogP contribution in [0.5, 0.6) is 5.75 Å². The Labute approximate surface area is 251 Å². The molecule has 1 aliphatic heterocycles. The van der Waals surface area contributed by atoms with Gasteiger partial charge in [0.2, 0.25) is 0 Å². The van der Waals surface area contributed by atoms with Crippen LogP contribution in [0.1, 0.15) is 52.4 Å². The number of benzene rings is 1. The number of esters is 1. The maximum Gasteiger partial charge on any atom is 0.340 e. The van der Waals surface area contributed by atoms with Crippen molar-refractivity contribution in [3.8, 4) is 16.9 Å². The molecule has 9 nitrogen and oxygen atoms in total. The molecule has 2 spiro atoms. The van der Waals surface area contributed by atoms with Crippen LogP contribution in [0.4, 0.5) is 0 Å². The van der Waals surface area contributed by atoms with Crippen LogP contribution in [0.2, 0.25) is 5.02 Å². The molecule has 2 fully saturated rings. The predicted molar refractivity (Wildman–Crippen MR) is 159 cm³/mol. The number of methoxy groups -OCH3 is 1. The quantitative estimate of drug-likeness (QED) is 0.269. The molecule has 11 heteroatoms. The number of carbonyl (C=O) groups is 1. The van der Waals surface area contributed by atoms with E-state index in [1.165, 1.54) is 18.4 Å². The Hall–Kier alpha value is -3.31. The first-order valence-corrected chi connectivity index (χ1v) is 15.3. The summed E-state index contributed by atoms with van der Waals surface area (Å²) in [5, 5.41) is 2.31. The number of nitrogens with zero attached hydrogens (tertiary/aromatic N) is 3. The van der Waals surface area contributed by atoms with Crippen molar-refractivity contribution in [1.29, 1.82) is 0 Å². The van der Waals surface area contributed by atoms with Gasteiger partial charge >= 0.3 is 5.97 Å². The molecule has 2 aliphatic carbocycles. The largest absolute Gasteiger partial charge is 0.491 e. The number of fused-ring (bicyclic) bond motifs is 3. The van der Waals surface area contributed by atoms with Crippen LogP contribution < -0.4 is 10.3 Å². The minimum absolute atomic E-state index is 0.0535. The van der Waals surface area contributed by atoms with Gasteiger partial charge in [0.25, 0.3) is 5.56 Å². The van der Waals surface area contributed by atoms with Gasteiger partial charge < -0.3 is 18.9 Å². The molecule has 0 bridgehead atoms. The van der Waals surface area contributed by atoms with Crippen LogP contribution in [0.15, 0.2) is 34.4 Å². The lowest BCUT2D eigenvalue weighted by Gasteiger charge is -2.37. The smallest absolute Gasteiger partial charge is 0.340 e. The number of ether oxygens (including phenoxy) is 4. The standard InChI is InChI=1S/C31H30ClN3O6S/c1-17-12-21(26-25(33-17)23(15-42-26)29(37)38-3)20-13-19(32)4-5-24(20)39-9-8-35-18(2)34-27-22(28(35)36)14-31(40-10-11-41-31)16-30(27)6-7-30/h4-5,12-13,15H,6-11,14,16H2,1-3H3. The molecule has 4 aromatic rings. The monoisotopic (exact) mass is 607 g/mol. The number of aromatic nitrogens is 3. The fourth-order valence-electron chi connectivity index (χ4n) is 6.44. The lowest BCUT2D eigenvalue weighted by Crippen LogP contribution is -2.46. The van der Waals surface area contributed by atoms with Crippen LogP contribution in [-0.4, -0.2) is 53.2 Å². The van der Waals surface area contributed by atoms with E-state index in [1.54, 1.807) is 16.0 Å². The lowest BCUT2D eigenvalue weighted by molar-refractivity contribution is -0.171. The Balaban J connectivity index is 1.19. The van der Waals surface area contributed by atoms with Crippen LogP contribution in [0.3, 0.4) is 0 Å². The summed E-state index contributed by atoms with van der Waals surface area (Å²) in [6.45, 7) is 5.42. The number of thiophene rings is 1. The molecule has 0 amide bonds. The zero-order valence-electron chi connectivity index (χ0n) is 23.6. The molecule has 218 valence electrons. The van der Waals surface area contributed by atoms with Crippen LogP contribution in [0, 0.1) is 13.8 Å². The Morgan fingerprint density at radius 2 is 1.93 bits per heavy atom. The number of hydrogen-bond donors (Lipinski definition) is 0. The van der Waals surface area contributed by atoms with Crippen molar-refractivity contribution in [2.75, 3.05) is 26.9 Å². The van der Waals surface area contributed by atoms with Gasteiger partial charge in [-0.3, -0.25) is 14.3 Å². The highest BCUT2D eigenvalue weighted by Gasteiger charge is 2.58. The maximum absolute atomic E-state index is 13.8. The van der Waals surface area contributed by atoms with Crippen LogP contribution in [-0.2, 0) is 32.6 Å².